The molecular weight excluding hydrogens is 306 g/mol. The largest absolute Gasteiger partial charge is 0.336 e. The molecule has 1 atom stereocenters. The Labute approximate surface area is 140 Å². The maximum absolute atomic E-state index is 12.4. The first-order valence-corrected chi connectivity index (χ1v) is 7.81. The summed E-state index contributed by atoms with van der Waals surface area (Å²) in [6.45, 7) is 3.21. The molecule has 1 aromatic carbocycles. The lowest BCUT2D eigenvalue weighted by Crippen LogP contribution is -2.43. The molecule has 24 heavy (non-hydrogen) atoms. The van der Waals surface area contributed by atoms with Gasteiger partial charge >= 0.3 is 6.03 Å². The zero-order valence-electron chi connectivity index (χ0n) is 13.4. The Balaban J connectivity index is 1.54. The molecule has 1 unspecified atom stereocenters. The number of hydrogen-bond acceptors (Lipinski definition) is 4. The van der Waals surface area contributed by atoms with Crippen LogP contribution in [0.2, 0.25) is 0 Å². The first-order chi connectivity index (χ1) is 11.6. The van der Waals surface area contributed by atoms with E-state index in [0.717, 1.165) is 5.56 Å². The molecule has 1 aliphatic heterocycles. The number of carbonyl (C=O) groups is 2. The third kappa shape index (κ3) is 3.87. The highest BCUT2D eigenvalue weighted by Gasteiger charge is 2.32. The molecule has 1 aliphatic rings. The number of anilines is 1. The quantitative estimate of drug-likeness (QED) is 0.896. The van der Waals surface area contributed by atoms with Crippen molar-refractivity contribution in [1.82, 2.24) is 20.4 Å². The van der Waals surface area contributed by atoms with Crippen LogP contribution in [-0.4, -0.2) is 39.6 Å². The van der Waals surface area contributed by atoms with Crippen molar-refractivity contribution in [2.75, 3.05) is 11.9 Å². The van der Waals surface area contributed by atoms with Gasteiger partial charge in [-0.05, 0) is 31.0 Å². The average molecular weight is 325 g/mol. The van der Waals surface area contributed by atoms with Crippen LogP contribution in [0.25, 0.3) is 0 Å². The fourth-order valence-corrected chi connectivity index (χ4v) is 2.62. The van der Waals surface area contributed by atoms with Crippen molar-refractivity contribution in [2.24, 2.45) is 0 Å². The van der Waals surface area contributed by atoms with E-state index in [1.807, 2.05) is 31.2 Å². The van der Waals surface area contributed by atoms with Crippen LogP contribution in [0.15, 0.2) is 42.6 Å². The molecule has 0 aliphatic carbocycles. The lowest BCUT2D eigenvalue weighted by atomic mass is 10.1. The van der Waals surface area contributed by atoms with E-state index in [2.05, 4.69) is 20.8 Å². The number of urea groups is 1. The van der Waals surface area contributed by atoms with Gasteiger partial charge in [0.2, 0.25) is 5.91 Å². The highest BCUT2D eigenvalue weighted by molar-refractivity contribution is 5.93. The maximum Gasteiger partial charge on any atom is 0.321 e. The Morgan fingerprint density at radius 3 is 2.79 bits per heavy atom. The molecule has 2 N–H and O–H groups in total. The second kappa shape index (κ2) is 7.08. The molecule has 0 bridgehead atoms. The normalized spacial score (nSPS) is 17.0. The Bertz CT molecular complexity index is 718. The predicted molar refractivity (Wildman–Crippen MR) is 89.2 cm³/mol. The van der Waals surface area contributed by atoms with Gasteiger partial charge in [-0.25, -0.2) is 4.79 Å². The van der Waals surface area contributed by atoms with Gasteiger partial charge in [-0.1, -0.05) is 29.8 Å². The van der Waals surface area contributed by atoms with E-state index in [0.29, 0.717) is 25.3 Å². The topological polar surface area (TPSA) is 87.2 Å². The van der Waals surface area contributed by atoms with E-state index >= 15 is 0 Å². The first-order valence-electron chi connectivity index (χ1n) is 7.81. The first kappa shape index (κ1) is 15.9. The van der Waals surface area contributed by atoms with Crippen molar-refractivity contribution in [3.05, 3.63) is 53.7 Å². The number of rotatable bonds is 4. The van der Waals surface area contributed by atoms with Gasteiger partial charge in [0.1, 0.15) is 6.04 Å². The van der Waals surface area contributed by atoms with E-state index in [-0.39, 0.29) is 5.91 Å². The van der Waals surface area contributed by atoms with E-state index in [1.165, 1.54) is 11.8 Å². The van der Waals surface area contributed by atoms with Gasteiger partial charge in [0, 0.05) is 19.3 Å². The summed E-state index contributed by atoms with van der Waals surface area (Å²) in [6.07, 6.45) is 2.12. The molecule has 7 nitrogen and oxygen atoms in total. The molecule has 3 amide bonds. The molecule has 0 saturated carbocycles. The van der Waals surface area contributed by atoms with Gasteiger partial charge in [0.15, 0.2) is 5.82 Å². The van der Waals surface area contributed by atoms with E-state index in [1.54, 1.807) is 17.0 Å². The van der Waals surface area contributed by atoms with Crippen molar-refractivity contribution in [3.8, 4) is 0 Å². The smallest absolute Gasteiger partial charge is 0.321 e. The highest BCUT2D eigenvalue weighted by Crippen LogP contribution is 2.16. The minimum absolute atomic E-state index is 0.0649. The summed E-state index contributed by atoms with van der Waals surface area (Å²) in [5.41, 5.74) is 2.27. The Morgan fingerprint density at radius 1 is 1.29 bits per heavy atom. The minimum atomic E-state index is -0.507. The standard InChI is InChI=1S/C17H19N5O2/c1-12-4-6-13(7-5-12)11-22-10-8-14(16(22)23)19-17(24)20-15-3-2-9-18-21-15/h2-7,9,14H,8,10-11H2,1H3,(H2,19,20,21,24). The molecule has 1 saturated heterocycles. The van der Waals surface area contributed by atoms with Crippen molar-refractivity contribution >= 4 is 17.8 Å². The highest BCUT2D eigenvalue weighted by atomic mass is 16.2. The molecule has 0 radical (unpaired) electrons. The number of hydrogen-bond donors (Lipinski definition) is 2. The number of amides is 3. The number of carbonyl (C=O) groups excluding carboxylic acids is 2. The number of benzene rings is 1. The van der Waals surface area contributed by atoms with Crippen LogP contribution in [0.4, 0.5) is 10.6 Å². The fraction of sp³-hybridized carbons (Fsp3) is 0.294. The van der Waals surface area contributed by atoms with Gasteiger partial charge in [0.05, 0.1) is 0 Å². The predicted octanol–water partition coefficient (Wildman–Crippen LogP) is 1.71. The van der Waals surface area contributed by atoms with Crippen molar-refractivity contribution in [3.63, 3.8) is 0 Å². The number of nitrogens with one attached hydrogen (secondary N) is 2. The zero-order chi connectivity index (χ0) is 16.9. The monoisotopic (exact) mass is 325 g/mol. The van der Waals surface area contributed by atoms with Crippen LogP contribution in [0.3, 0.4) is 0 Å². The summed E-state index contributed by atoms with van der Waals surface area (Å²) >= 11 is 0. The van der Waals surface area contributed by atoms with Crippen LogP contribution in [0, 0.1) is 6.92 Å². The fourth-order valence-electron chi connectivity index (χ4n) is 2.62. The summed E-state index contributed by atoms with van der Waals surface area (Å²) in [5.74, 6) is 0.279. The minimum Gasteiger partial charge on any atom is -0.336 e. The molecule has 2 heterocycles. The molecule has 124 valence electrons. The third-order valence-corrected chi connectivity index (χ3v) is 3.91. The number of likely N-dealkylation sites (tertiary alicyclic amines) is 1. The SMILES string of the molecule is Cc1ccc(CN2CCC(NC(=O)Nc3cccnn3)C2=O)cc1. The molecule has 7 heteroatoms. The van der Waals surface area contributed by atoms with Crippen LogP contribution in [0.5, 0.6) is 0 Å². The van der Waals surface area contributed by atoms with Crippen LogP contribution < -0.4 is 10.6 Å². The molecular formula is C17H19N5O2. The number of nitrogens with zero attached hydrogens (tertiary/aromatic N) is 3. The molecule has 1 aromatic heterocycles. The zero-order valence-corrected chi connectivity index (χ0v) is 13.4. The van der Waals surface area contributed by atoms with Crippen LogP contribution >= 0.6 is 0 Å². The molecule has 1 fully saturated rings. The van der Waals surface area contributed by atoms with Crippen LogP contribution in [-0.2, 0) is 11.3 Å². The summed E-state index contributed by atoms with van der Waals surface area (Å²) in [6, 6.07) is 10.4. The Kier molecular flexibility index (Phi) is 4.69. The van der Waals surface area contributed by atoms with Crippen molar-refractivity contribution < 1.29 is 9.59 Å². The van der Waals surface area contributed by atoms with Gasteiger partial charge in [-0.15, -0.1) is 5.10 Å². The van der Waals surface area contributed by atoms with Gasteiger partial charge in [0.25, 0.3) is 0 Å². The maximum atomic E-state index is 12.4. The second-order valence-corrected chi connectivity index (χ2v) is 5.79. The number of aryl methyl sites for hydroxylation is 1. The lowest BCUT2D eigenvalue weighted by Gasteiger charge is -2.17. The van der Waals surface area contributed by atoms with E-state index < -0.39 is 12.1 Å². The molecule has 2 aromatic rings. The Hall–Kier alpha value is -2.96. The van der Waals surface area contributed by atoms with Crippen LogP contribution in [0.1, 0.15) is 17.5 Å². The van der Waals surface area contributed by atoms with Crippen molar-refractivity contribution in [1.29, 1.82) is 0 Å². The molecule has 3 rings (SSSR count). The average Bonchev–Trinajstić information content (AvgIpc) is 2.91. The van der Waals surface area contributed by atoms with E-state index in [4.69, 9.17) is 0 Å². The summed E-state index contributed by atoms with van der Waals surface area (Å²) in [7, 11) is 0. The third-order valence-electron chi connectivity index (χ3n) is 3.91. The number of aromatic nitrogens is 2. The summed E-state index contributed by atoms with van der Waals surface area (Å²) < 4.78 is 0. The van der Waals surface area contributed by atoms with Crippen molar-refractivity contribution in [2.45, 2.75) is 25.9 Å². The van der Waals surface area contributed by atoms with E-state index in [9.17, 15) is 9.59 Å². The van der Waals surface area contributed by atoms with Gasteiger partial charge in [-0.2, -0.15) is 5.10 Å². The Morgan fingerprint density at radius 2 is 2.08 bits per heavy atom. The van der Waals surface area contributed by atoms with Gasteiger partial charge < -0.3 is 10.2 Å². The second-order valence-electron chi connectivity index (χ2n) is 5.79. The van der Waals surface area contributed by atoms with Gasteiger partial charge in [-0.3, -0.25) is 10.1 Å². The molecule has 0 spiro atoms. The summed E-state index contributed by atoms with van der Waals surface area (Å²) in [5, 5.41) is 12.7. The summed E-state index contributed by atoms with van der Waals surface area (Å²) in [4.78, 5) is 26.1. The lowest BCUT2D eigenvalue weighted by molar-refractivity contribution is -0.129.